The van der Waals surface area contributed by atoms with Crippen LogP contribution in [0.1, 0.15) is 10.4 Å². The second kappa shape index (κ2) is 6.31. The number of rotatable bonds is 6. The van der Waals surface area contributed by atoms with Crippen molar-refractivity contribution in [3.05, 3.63) is 46.4 Å². The van der Waals surface area contributed by atoms with E-state index in [0.717, 1.165) is 10.4 Å². The molecule has 4 N–H and O–H groups in total. The van der Waals surface area contributed by atoms with Gasteiger partial charge in [0.25, 0.3) is 0 Å². The molecule has 0 radical (unpaired) electrons. The third-order valence-electron chi connectivity index (χ3n) is 2.60. The number of thiazole rings is 1. The summed E-state index contributed by atoms with van der Waals surface area (Å²) in [5.41, 5.74) is 14.6. The lowest BCUT2D eigenvalue weighted by Crippen LogP contribution is -2.32. The average Bonchev–Trinajstić information content (AvgIpc) is 2.80. The SMILES string of the molecule is NC(=O)CN(Cc1cccc(N)c1)Cc1cncs1. The quantitative estimate of drug-likeness (QED) is 0.777. The summed E-state index contributed by atoms with van der Waals surface area (Å²) in [5, 5.41) is 0. The van der Waals surface area contributed by atoms with Crippen LogP contribution in [0.15, 0.2) is 36.0 Å². The highest BCUT2D eigenvalue weighted by atomic mass is 32.1. The molecule has 0 atom stereocenters. The number of nitrogens with two attached hydrogens (primary N) is 2. The number of anilines is 1. The number of carbonyl (C=O) groups is 1. The Morgan fingerprint density at radius 3 is 2.84 bits per heavy atom. The molecule has 19 heavy (non-hydrogen) atoms. The molecule has 0 aliphatic carbocycles. The maximum Gasteiger partial charge on any atom is 0.231 e. The Hall–Kier alpha value is -1.92. The van der Waals surface area contributed by atoms with Crippen LogP contribution in [-0.4, -0.2) is 22.3 Å². The summed E-state index contributed by atoms with van der Waals surface area (Å²) in [5.74, 6) is -0.339. The van der Waals surface area contributed by atoms with Crippen LogP contribution in [0.25, 0.3) is 0 Å². The number of amides is 1. The third kappa shape index (κ3) is 4.35. The average molecular weight is 276 g/mol. The first kappa shape index (κ1) is 13.5. The lowest BCUT2D eigenvalue weighted by molar-refractivity contribution is -0.119. The normalized spacial score (nSPS) is 10.8. The predicted octanol–water partition coefficient (Wildman–Crippen LogP) is 1.21. The van der Waals surface area contributed by atoms with Crippen LogP contribution in [0.3, 0.4) is 0 Å². The molecule has 0 aliphatic heterocycles. The van der Waals surface area contributed by atoms with Crippen molar-refractivity contribution in [3.8, 4) is 0 Å². The molecule has 1 aromatic carbocycles. The number of aromatic nitrogens is 1. The molecule has 2 rings (SSSR count). The van der Waals surface area contributed by atoms with Crippen LogP contribution in [0.2, 0.25) is 0 Å². The molecule has 1 heterocycles. The lowest BCUT2D eigenvalue weighted by Gasteiger charge is -2.20. The minimum Gasteiger partial charge on any atom is -0.399 e. The van der Waals surface area contributed by atoms with E-state index in [2.05, 4.69) is 4.98 Å². The fourth-order valence-electron chi connectivity index (χ4n) is 1.88. The van der Waals surface area contributed by atoms with Gasteiger partial charge in [-0.2, -0.15) is 0 Å². The minimum absolute atomic E-state index is 0.215. The van der Waals surface area contributed by atoms with Gasteiger partial charge in [0.2, 0.25) is 5.91 Å². The molecule has 5 nitrogen and oxygen atoms in total. The number of primary amides is 1. The number of nitrogen functional groups attached to an aromatic ring is 1. The number of hydrogen-bond donors (Lipinski definition) is 2. The van der Waals surface area contributed by atoms with Crippen LogP contribution in [-0.2, 0) is 17.9 Å². The first-order valence-electron chi connectivity index (χ1n) is 5.86. The van der Waals surface area contributed by atoms with E-state index in [1.54, 1.807) is 23.0 Å². The first-order valence-corrected chi connectivity index (χ1v) is 6.74. The van der Waals surface area contributed by atoms with E-state index >= 15 is 0 Å². The van der Waals surface area contributed by atoms with Gasteiger partial charge in [-0.15, -0.1) is 11.3 Å². The Labute approximate surface area is 115 Å². The summed E-state index contributed by atoms with van der Waals surface area (Å²) in [6.45, 7) is 1.50. The van der Waals surface area contributed by atoms with Gasteiger partial charge in [0.05, 0.1) is 12.1 Å². The maximum absolute atomic E-state index is 11.1. The molecule has 0 unspecified atom stereocenters. The molecule has 1 amide bonds. The predicted molar refractivity (Wildman–Crippen MR) is 76.3 cm³/mol. The monoisotopic (exact) mass is 276 g/mol. The van der Waals surface area contributed by atoms with Crippen LogP contribution >= 0.6 is 11.3 Å². The molecule has 0 aliphatic rings. The second-order valence-electron chi connectivity index (χ2n) is 4.32. The van der Waals surface area contributed by atoms with Gasteiger partial charge in [-0.3, -0.25) is 14.7 Å². The van der Waals surface area contributed by atoms with Gasteiger partial charge in [-0.25, -0.2) is 0 Å². The first-order chi connectivity index (χ1) is 9.13. The van der Waals surface area contributed by atoms with Crippen molar-refractivity contribution in [1.82, 2.24) is 9.88 Å². The number of hydrogen-bond acceptors (Lipinski definition) is 5. The standard InChI is InChI=1S/C13H16N4OS/c14-11-3-1-2-10(4-11)6-17(8-13(15)18)7-12-5-16-9-19-12/h1-5,9H,6-8,14H2,(H2,15,18). The Morgan fingerprint density at radius 2 is 2.21 bits per heavy atom. The molecule has 1 aromatic heterocycles. The van der Waals surface area contributed by atoms with E-state index in [-0.39, 0.29) is 12.5 Å². The van der Waals surface area contributed by atoms with Crippen LogP contribution in [0.4, 0.5) is 5.69 Å². The van der Waals surface area contributed by atoms with E-state index in [1.165, 1.54) is 0 Å². The van der Waals surface area contributed by atoms with Crippen molar-refractivity contribution < 1.29 is 4.79 Å². The van der Waals surface area contributed by atoms with Crippen LogP contribution < -0.4 is 11.5 Å². The molecule has 0 spiro atoms. The van der Waals surface area contributed by atoms with Gasteiger partial charge in [-0.1, -0.05) is 12.1 Å². The molecule has 2 aromatic rings. The Kier molecular flexibility index (Phi) is 4.48. The van der Waals surface area contributed by atoms with E-state index in [0.29, 0.717) is 18.8 Å². The summed E-state index contributed by atoms with van der Waals surface area (Å²) >= 11 is 1.56. The molecule has 6 heteroatoms. The van der Waals surface area contributed by atoms with Crippen molar-refractivity contribution in [2.45, 2.75) is 13.1 Å². The highest BCUT2D eigenvalue weighted by molar-refractivity contribution is 7.09. The summed E-state index contributed by atoms with van der Waals surface area (Å²) in [6, 6.07) is 7.63. The van der Waals surface area contributed by atoms with Crippen molar-refractivity contribution >= 4 is 22.9 Å². The summed E-state index contributed by atoms with van der Waals surface area (Å²) < 4.78 is 0. The minimum atomic E-state index is -0.339. The largest absolute Gasteiger partial charge is 0.399 e. The van der Waals surface area contributed by atoms with Crippen molar-refractivity contribution in [2.75, 3.05) is 12.3 Å². The molecule has 0 bridgehead atoms. The fourth-order valence-corrected chi connectivity index (χ4v) is 2.51. The second-order valence-corrected chi connectivity index (χ2v) is 5.30. The zero-order valence-corrected chi connectivity index (χ0v) is 11.3. The lowest BCUT2D eigenvalue weighted by atomic mass is 10.2. The molecule has 0 saturated carbocycles. The number of benzene rings is 1. The zero-order valence-electron chi connectivity index (χ0n) is 10.5. The Bertz CT molecular complexity index is 541. The van der Waals surface area contributed by atoms with Crippen molar-refractivity contribution in [1.29, 1.82) is 0 Å². The number of carbonyl (C=O) groups excluding carboxylic acids is 1. The van der Waals surface area contributed by atoms with E-state index < -0.39 is 0 Å². The molecule has 100 valence electrons. The van der Waals surface area contributed by atoms with Crippen LogP contribution in [0.5, 0.6) is 0 Å². The van der Waals surface area contributed by atoms with Crippen molar-refractivity contribution in [2.24, 2.45) is 5.73 Å². The molecule has 0 saturated heterocycles. The van der Waals surface area contributed by atoms with Gasteiger partial charge < -0.3 is 11.5 Å². The molecular weight excluding hydrogens is 260 g/mol. The van der Waals surface area contributed by atoms with E-state index in [1.807, 2.05) is 29.2 Å². The van der Waals surface area contributed by atoms with Gasteiger partial charge in [0.15, 0.2) is 0 Å². The third-order valence-corrected chi connectivity index (χ3v) is 3.36. The van der Waals surface area contributed by atoms with Crippen LogP contribution in [0, 0.1) is 0 Å². The summed E-state index contributed by atoms with van der Waals surface area (Å²) in [7, 11) is 0. The van der Waals surface area contributed by atoms with Gasteiger partial charge >= 0.3 is 0 Å². The van der Waals surface area contributed by atoms with Crippen molar-refractivity contribution in [3.63, 3.8) is 0 Å². The van der Waals surface area contributed by atoms with Gasteiger partial charge in [-0.05, 0) is 17.7 Å². The highest BCUT2D eigenvalue weighted by Crippen LogP contribution is 2.14. The molecular formula is C13H16N4OS. The summed E-state index contributed by atoms with van der Waals surface area (Å²) in [6.07, 6.45) is 1.80. The van der Waals surface area contributed by atoms with Gasteiger partial charge in [0, 0.05) is 29.9 Å². The van der Waals surface area contributed by atoms with E-state index in [9.17, 15) is 4.79 Å². The van der Waals surface area contributed by atoms with Gasteiger partial charge in [0.1, 0.15) is 0 Å². The fraction of sp³-hybridized carbons (Fsp3) is 0.231. The summed E-state index contributed by atoms with van der Waals surface area (Å²) in [4.78, 5) is 18.2. The zero-order chi connectivity index (χ0) is 13.7. The smallest absolute Gasteiger partial charge is 0.231 e. The Balaban J connectivity index is 2.07. The maximum atomic E-state index is 11.1. The highest BCUT2D eigenvalue weighted by Gasteiger charge is 2.11. The number of nitrogens with zero attached hydrogens (tertiary/aromatic N) is 2. The molecule has 0 fully saturated rings. The topological polar surface area (TPSA) is 85.2 Å². The van der Waals surface area contributed by atoms with E-state index in [4.69, 9.17) is 11.5 Å². The Morgan fingerprint density at radius 1 is 1.37 bits per heavy atom.